The number of amides is 1. The summed E-state index contributed by atoms with van der Waals surface area (Å²) in [6.45, 7) is -1.35. The van der Waals surface area contributed by atoms with Crippen LogP contribution in [0.1, 0.15) is 6.42 Å². The Hall–Kier alpha value is -1.28. The quantitative estimate of drug-likeness (QED) is 0.484. The topological polar surface area (TPSA) is 95.9 Å². The molecule has 8 heteroatoms. The van der Waals surface area contributed by atoms with Crippen molar-refractivity contribution in [1.82, 2.24) is 5.32 Å². The van der Waals surface area contributed by atoms with Crippen molar-refractivity contribution in [2.24, 2.45) is 0 Å². The van der Waals surface area contributed by atoms with Crippen molar-refractivity contribution in [3.8, 4) is 0 Å². The third-order valence-electron chi connectivity index (χ3n) is 1.49. The first-order valence-electron chi connectivity index (χ1n) is 4.47. The van der Waals surface area contributed by atoms with E-state index in [4.69, 9.17) is 10.2 Å². The Morgan fingerprint density at radius 1 is 1.38 bits per heavy atom. The lowest BCUT2D eigenvalue weighted by Gasteiger charge is -2.07. The number of hydrogen-bond donors (Lipinski definition) is 3. The molecule has 0 aliphatic heterocycles. The highest BCUT2D eigenvalue weighted by atomic mass is 19.3. The van der Waals surface area contributed by atoms with E-state index >= 15 is 0 Å². The number of aliphatic hydroxyl groups excluding tert-OH is 1. The van der Waals surface area contributed by atoms with Crippen molar-refractivity contribution in [3.05, 3.63) is 0 Å². The molecule has 0 radical (unpaired) electrons. The van der Waals surface area contributed by atoms with E-state index in [9.17, 15) is 18.4 Å². The Balaban J connectivity index is 3.48. The molecule has 0 aliphatic rings. The molecule has 0 aromatic rings. The third kappa shape index (κ3) is 8.06. The zero-order chi connectivity index (χ0) is 12.6. The highest BCUT2D eigenvalue weighted by Gasteiger charge is 2.13. The summed E-state index contributed by atoms with van der Waals surface area (Å²) in [6, 6.07) is 0. The number of rotatable bonds is 8. The van der Waals surface area contributed by atoms with Gasteiger partial charge in [0.2, 0.25) is 5.91 Å². The number of nitrogens with one attached hydrogen (secondary N) is 1. The van der Waals surface area contributed by atoms with Crippen molar-refractivity contribution in [3.63, 3.8) is 0 Å². The number of ether oxygens (including phenoxy) is 1. The number of carbonyl (C=O) groups is 2. The molecule has 0 aromatic heterocycles. The van der Waals surface area contributed by atoms with Gasteiger partial charge >= 0.3 is 5.97 Å². The highest BCUT2D eigenvalue weighted by Crippen LogP contribution is 1.93. The average Bonchev–Trinajstić information content (AvgIpc) is 2.20. The van der Waals surface area contributed by atoms with Gasteiger partial charge in [-0.05, 0) is 0 Å². The first-order chi connectivity index (χ1) is 7.43. The molecule has 16 heavy (non-hydrogen) atoms. The first-order valence-corrected chi connectivity index (χ1v) is 4.47. The van der Waals surface area contributed by atoms with Crippen LogP contribution < -0.4 is 5.32 Å². The van der Waals surface area contributed by atoms with Gasteiger partial charge in [0.1, 0.15) is 6.61 Å². The number of halogens is 2. The van der Waals surface area contributed by atoms with E-state index in [2.05, 4.69) is 10.1 Å². The van der Waals surface area contributed by atoms with Gasteiger partial charge in [-0.15, -0.1) is 0 Å². The van der Waals surface area contributed by atoms with Crippen molar-refractivity contribution < 1.29 is 33.3 Å². The Morgan fingerprint density at radius 3 is 2.50 bits per heavy atom. The Kier molecular flexibility index (Phi) is 7.31. The van der Waals surface area contributed by atoms with Gasteiger partial charge in [0.25, 0.3) is 6.43 Å². The predicted molar refractivity (Wildman–Crippen MR) is 48.1 cm³/mol. The minimum atomic E-state index is -2.59. The van der Waals surface area contributed by atoms with Crippen molar-refractivity contribution in [1.29, 1.82) is 0 Å². The second-order valence-electron chi connectivity index (χ2n) is 2.87. The minimum absolute atomic E-state index is 0.168. The minimum Gasteiger partial charge on any atom is -0.479 e. The van der Waals surface area contributed by atoms with E-state index in [0.717, 1.165) is 0 Å². The summed E-state index contributed by atoms with van der Waals surface area (Å²) in [5.74, 6) is -2.02. The van der Waals surface area contributed by atoms with Crippen LogP contribution >= 0.6 is 0 Å². The maximum atomic E-state index is 11.6. The number of aliphatic carboxylic acids is 1. The van der Waals surface area contributed by atoms with Crippen LogP contribution in [0.3, 0.4) is 0 Å². The van der Waals surface area contributed by atoms with Gasteiger partial charge in [0.15, 0.2) is 6.10 Å². The number of carbonyl (C=O) groups excluding carboxylic acids is 1. The van der Waals surface area contributed by atoms with Crippen LogP contribution in [0, 0.1) is 0 Å². The van der Waals surface area contributed by atoms with Crippen LogP contribution in [0.4, 0.5) is 8.78 Å². The maximum absolute atomic E-state index is 11.6. The van der Waals surface area contributed by atoms with Gasteiger partial charge in [0.05, 0.1) is 13.2 Å². The van der Waals surface area contributed by atoms with Crippen LogP contribution in [0.25, 0.3) is 0 Å². The third-order valence-corrected chi connectivity index (χ3v) is 1.49. The molecule has 1 atom stereocenters. The van der Waals surface area contributed by atoms with E-state index in [-0.39, 0.29) is 13.0 Å². The zero-order valence-corrected chi connectivity index (χ0v) is 8.36. The molecule has 94 valence electrons. The molecule has 0 aliphatic carbocycles. The van der Waals surface area contributed by atoms with E-state index in [0.29, 0.717) is 0 Å². The molecule has 0 saturated heterocycles. The van der Waals surface area contributed by atoms with Gasteiger partial charge in [-0.3, -0.25) is 4.79 Å². The molecule has 0 heterocycles. The monoisotopic (exact) mass is 241 g/mol. The SMILES string of the molecule is O=C(CCOCC(F)F)NC[C@H](O)C(=O)O. The lowest BCUT2D eigenvalue weighted by Crippen LogP contribution is -2.36. The number of carboxylic acids is 1. The lowest BCUT2D eigenvalue weighted by molar-refractivity contribution is -0.146. The molecule has 3 N–H and O–H groups in total. The molecule has 6 nitrogen and oxygen atoms in total. The van der Waals surface area contributed by atoms with Crippen molar-refractivity contribution >= 4 is 11.9 Å². The fourth-order valence-corrected chi connectivity index (χ4v) is 0.723. The number of hydrogen-bond acceptors (Lipinski definition) is 4. The molecule has 0 spiro atoms. The summed E-state index contributed by atoms with van der Waals surface area (Å²) in [5.41, 5.74) is 0. The number of alkyl halides is 2. The van der Waals surface area contributed by atoms with E-state index in [1.165, 1.54) is 0 Å². The van der Waals surface area contributed by atoms with Crippen LogP contribution in [0.5, 0.6) is 0 Å². The summed E-state index contributed by atoms with van der Waals surface area (Å²) in [6.07, 6.45) is -4.43. The average molecular weight is 241 g/mol. The normalized spacial score (nSPS) is 12.5. The van der Waals surface area contributed by atoms with Crippen LogP contribution in [0.15, 0.2) is 0 Å². The summed E-state index contributed by atoms with van der Waals surface area (Å²) in [7, 11) is 0. The second-order valence-corrected chi connectivity index (χ2v) is 2.87. The standard InChI is InChI=1S/C8H13F2NO5/c9-6(10)4-16-2-1-7(13)11-3-5(12)8(14)15/h5-6,12H,1-4H2,(H,11,13)(H,14,15)/t5-/m0/s1. The van der Waals surface area contributed by atoms with E-state index < -0.39 is 37.6 Å². The molecule has 0 aromatic carbocycles. The van der Waals surface area contributed by atoms with Crippen LogP contribution in [-0.2, 0) is 14.3 Å². The summed E-state index contributed by atoms with van der Waals surface area (Å²) in [4.78, 5) is 21.1. The summed E-state index contributed by atoms with van der Waals surface area (Å²) >= 11 is 0. The Bertz CT molecular complexity index is 236. The Labute approximate surface area is 90.2 Å². The van der Waals surface area contributed by atoms with Gasteiger partial charge in [-0.1, -0.05) is 0 Å². The molecule has 0 fully saturated rings. The van der Waals surface area contributed by atoms with E-state index in [1.54, 1.807) is 0 Å². The Morgan fingerprint density at radius 2 is 2.00 bits per heavy atom. The van der Waals surface area contributed by atoms with Crippen LogP contribution in [0.2, 0.25) is 0 Å². The second kappa shape index (κ2) is 7.94. The molecule has 0 rings (SSSR count). The van der Waals surface area contributed by atoms with Gasteiger partial charge < -0.3 is 20.3 Å². The number of aliphatic hydroxyl groups is 1. The molecule has 1 amide bonds. The summed E-state index contributed by atoms with van der Waals surface area (Å²) < 4.78 is 27.6. The fourth-order valence-electron chi connectivity index (χ4n) is 0.723. The maximum Gasteiger partial charge on any atom is 0.334 e. The van der Waals surface area contributed by atoms with Gasteiger partial charge in [0, 0.05) is 6.42 Å². The van der Waals surface area contributed by atoms with Crippen LogP contribution in [-0.4, -0.2) is 54.4 Å². The fraction of sp³-hybridized carbons (Fsp3) is 0.750. The molecule has 0 saturated carbocycles. The molecule has 0 unspecified atom stereocenters. The van der Waals surface area contributed by atoms with Crippen molar-refractivity contribution in [2.45, 2.75) is 19.0 Å². The predicted octanol–water partition coefficient (Wildman–Crippen LogP) is -0.780. The van der Waals surface area contributed by atoms with Crippen molar-refractivity contribution in [2.75, 3.05) is 19.8 Å². The molecular formula is C8H13F2NO5. The smallest absolute Gasteiger partial charge is 0.334 e. The first kappa shape index (κ1) is 14.7. The molecular weight excluding hydrogens is 228 g/mol. The lowest BCUT2D eigenvalue weighted by atomic mass is 10.3. The van der Waals surface area contributed by atoms with Gasteiger partial charge in [-0.25, -0.2) is 13.6 Å². The van der Waals surface area contributed by atoms with E-state index in [1.807, 2.05) is 0 Å². The molecule has 0 bridgehead atoms. The zero-order valence-electron chi connectivity index (χ0n) is 8.36. The highest BCUT2D eigenvalue weighted by molar-refractivity contribution is 5.78. The largest absolute Gasteiger partial charge is 0.479 e. The summed E-state index contributed by atoms with van der Waals surface area (Å²) in [5, 5.41) is 19.2. The van der Waals surface area contributed by atoms with Gasteiger partial charge in [-0.2, -0.15) is 0 Å². The number of carboxylic acid groups (broad SMARTS) is 1.